The molecule has 0 N–H and O–H groups in total. The minimum Gasteiger partial charge on any atom is -0.0840 e. The van der Waals surface area contributed by atoms with Crippen LogP contribution in [0.15, 0.2) is 24.3 Å². The first-order valence-corrected chi connectivity index (χ1v) is 6.53. The van der Waals surface area contributed by atoms with Crippen LogP contribution in [0.5, 0.6) is 0 Å². The monoisotopic (exact) mass is 220 g/mol. The van der Waals surface area contributed by atoms with E-state index < -0.39 is 0 Å². The van der Waals surface area contributed by atoms with Gasteiger partial charge in [-0.25, -0.2) is 0 Å². The maximum Gasteiger partial charge on any atom is -0.0162 e. The zero-order valence-corrected chi connectivity index (χ0v) is 11.9. The summed E-state index contributed by atoms with van der Waals surface area (Å²) in [5.74, 6) is 1.50. The van der Waals surface area contributed by atoms with E-state index in [0.717, 1.165) is 11.8 Å². The molecule has 0 heterocycles. The molecular weight excluding hydrogens is 192 g/mol. The van der Waals surface area contributed by atoms with E-state index in [9.17, 15) is 0 Å². The van der Waals surface area contributed by atoms with Gasteiger partial charge in [-0.05, 0) is 35.5 Å². The van der Waals surface area contributed by atoms with E-state index in [2.05, 4.69) is 65.8 Å². The maximum atomic E-state index is 2.40. The Labute approximate surface area is 102 Å². The molecule has 0 bridgehead atoms. The van der Waals surface area contributed by atoms with Gasteiger partial charge in [0.25, 0.3) is 0 Å². The summed E-state index contributed by atoms with van der Waals surface area (Å²) >= 11 is 0. The zero-order chi connectivity index (χ0) is 12.4. The van der Waals surface area contributed by atoms with Crippen molar-refractivity contribution in [3.63, 3.8) is 0 Å². The molecule has 0 aromatic carbocycles. The van der Waals surface area contributed by atoms with Gasteiger partial charge in [-0.15, -0.1) is 0 Å². The summed E-state index contributed by atoms with van der Waals surface area (Å²) in [5, 5.41) is 0. The maximum absolute atomic E-state index is 2.40. The van der Waals surface area contributed by atoms with Crippen molar-refractivity contribution < 1.29 is 0 Å². The first-order valence-electron chi connectivity index (χ1n) is 6.53. The van der Waals surface area contributed by atoms with E-state index in [4.69, 9.17) is 0 Å². The van der Waals surface area contributed by atoms with Crippen LogP contribution in [0.25, 0.3) is 0 Å². The van der Waals surface area contributed by atoms with Gasteiger partial charge < -0.3 is 0 Å². The van der Waals surface area contributed by atoms with Crippen LogP contribution in [0.1, 0.15) is 54.4 Å². The second-order valence-corrected chi connectivity index (χ2v) is 7.45. The number of hydrogen-bond acceptors (Lipinski definition) is 0. The SMILES string of the molecule is CC(C)(C)CC(C1C=CC=CC1)C(C)(C)C. The Balaban J connectivity index is 2.80. The first-order chi connectivity index (χ1) is 7.20. The van der Waals surface area contributed by atoms with E-state index >= 15 is 0 Å². The van der Waals surface area contributed by atoms with Crippen LogP contribution in [0.4, 0.5) is 0 Å². The topological polar surface area (TPSA) is 0 Å². The Morgan fingerprint density at radius 3 is 2.06 bits per heavy atom. The lowest BCUT2D eigenvalue weighted by Gasteiger charge is -2.40. The summed E-state index contributed by atoms with van der Waals surface area (Å²) in [7, 11) is 0. The molecule has 0 aromatic heterocycles. The molecule has 2 atom stereocenters. The second kappa shape index (κ2) is 4.77. The molecule has 0 nitrogen and oxygen atoms in total. The molecule has 2 unspecified atom stereocenters. The lowest BCUT2D eigenvalue weighted by Crippen LogP contribution is -2.31. The minimum absolute atomic E-state index is 0.396. The third-order valence-electron chi connectivity index (χ3n) is 3.48. The second-order valence-electron chi connectivity index (χ2n) is 7.45. The van der Waals surface area contributed by atoms with Crippen LogP contribution in [-0.4, -0.2) is 0 Å². The van der Waals surface area contributed by atoms with E-state index in [1.807, 2.05) is 0 Å². The Morgan fingerprint density at radius 2 is 1.69 bits per heavy atom. The van der Waals surface area contributed by atoms with Crippen molar-refractivity contribution in [1.82, 2.24) is 0 Å². The summed E-state index contributed by atoms with van der Waals surface area (Å²) < 4.78 is 0. The van der Waals surface area contributed by atoms with Gasteiger partial charge >= 0.3 is 0 Å². The molecule has 16 heavy (non-hydrogen) atoms. The third kappa shape index (κ3) is 4.15. The Hall–Kier alpha value is -0.520. The average Bonchev–Trinajstić information content (AvgIpc) is 2.13. The molecule has 0 spiro atoms. The van der Waals surface area contributed by atoms with Crippen molar-refractivity contribution in [1.29, 1.82) is 0 Å². The van der Waals surface area contributed by atoms with Gasteiger partial charge in [-0.1, -0.05) is 65.8 Å². The Morgan fingerprint density at radius 1 is 1.06 bits per heavy atom. The molecule has 0 saturated carbocycles. The fourth-order valence-corrected chi connectivity index (χ4v) is 2.66. The number of allylic oxidation sites excluding steroid dienone is 4. The number of rotatable bonds is 2. The van der Waals surface area contributed by atoms with Crippen LogP contribution in [0.2, 0.25) is 0 Å². The molecule has 0 aromatic rings. The molecule has 0 aliphatic heterocycles. The van der Waals surface area contributed by atoms with Crippen molar-refractivity contribution in [2.45, 2.75) is 54.4 Å². The Kier molecular flexibility index (Phi) is 4.04. The molecular formula is C16H28. The Bertz CT molecular complexity index is 267. The largest absolute Gasteiger partial charge is 0.0840 e. The summed E-state index contributed by atoms with van der Waals surface area (Å²) in [6.07, 6.45) is 11.6. The average molecular weight is 220 g/mol. The molecule has 92 valence electrons. The van der Waals surface area contributed by atoms with Crippen molar-refractivity contribution in [3.8, 4) is 0 Å². The highest BCUT2D eigenvalue weighted by Gasteiger charge is 2.33. The van der Waals surface area contributed by atoms with Crippen LogP contribution in [0.3, 0.4) is 0 Å². The third-order valence-corrected chi connectivity index (χ3v) is 3.48. The van der Waals surface area contributed by atoms with E-state index in [-0.39, 0.29) is 0 Å². The highest BCUT2D eigenvalue weighted by molar-refractivity contribution is 5.12. The van der Waals surface area contributed by atoms with Gasteiger partial charge in [0.15, 0.2) is 0 Å². The van der Waals surface area contributed by atoms with Gasteiger partial charge in [0.1, 0.15) is 0 Å². The van der Waals surface area contributed by atoms with Crippen molar-refractivity contribution in [2.75, 3.05) is 0 Å². The summed E-state index contributed by atoms with van der Waals surface area (Å²) in [6, 6.07) is 0. The van der Waals surface area contributed by atoms with Crippen LogP contribution in [-0.2, 0) is 0 Å². The van der Waals surface area contributed by atoms with E-state index in [1.165, 1.54) is 12.8 Å². The molecule has 0 heteroatoms. The number of hydrogen-bond donors (Lipinski definition) is 0. The molecule has 0 amide bonds. The molecule has 1 rings (SSSR count). The summed E-state index contributed by atoms with van der Waals surface area (Å²) in [5.41, 5.74) is 0.820. The van der Waals surface area contributed by atoms with Gasteiger partial charge in [0, 0.05) is 0 Å². The predicted octanol–water partition coefficient (Wildman–Crippen LogP) is 5.22. The summed E-state index contributed by atoms with van der Waals surface area (Å²) in [4.78, 5) is 0. The molecule has 0 fully saturated rings. The molecule has 0 radical (unpaired) electrons. The van der Waals surface area contributed by atoms with Crippen LogP contribution >= 0.6 is 0 Å². The highest BCUT2D eigenvalue weighted by Crippen LogP contribution is 2.42. The lowest BCUT2D eigenvalue weighted by atomic mass is 9.65. The minimum atomic E-state index is 0.396. The highest BCUT2D eigenvalue weighted by atomic mass is 14.4. The predicted molar refractivity (Wildman–Crippen MR) is 73.4 cm³/mol. The van der Waals surface area contributed by atoms with Crippen molar-refractivity contribution in [3.05, 3.63) is 24.3 Å². The van der Waals surface area contributed by atoms with Gasteiger partial charge in [-0.3, -0.25) is 0 Å². The quantitative estimate of drug-likeness (QED) is 0.598. The lowest BCUT2D eigenvalue weighted by molar-refractivity contribution is 0.123. The fraction of sp³-hybridized carbons (Fsp3) is 0.750. The smallest absolute Gasteiger partial charge is 0.0162 e. The van der Waals surface area contributed by atoms with Gasteiger partial charge in [-0.2, -0.15) is 0 Å². The van der Waals surface area contributed by atoms with E-state index in [1.54, 1.807) is 0 Å². The summed E-state index contributed by atoms with van der Waals surface area (Å²) in [6.45, 7) is 14.2. The molecule has 0 saturated heterocycles. The normalized spacial score (nSPS) is 23.5. The zero-order valence-electron chi connectivity index (χ0n) is 11.9. The van der Waals surface area contributed by atoms with Gasteiger partial charge in [0.2, 0.25) is 0 Å². The first kappa shape index (κ1) is 13.5. The fourth-order valence-electron chi connectivity index (χ4n) is 2.66. The van der Waals surface area contributed by atoms with Crippen molar-refractivity contribution in [2.24, 2.45) is 22.7 Å². The van der Waals surface area contributed by atoms with Crippen LogP contribution < -0.4 is 0 Å². The van der Waals surface area contributed by atoms with Crippen molar-refractivity contribution >= 4 is 0 Å². The van der Waals surface area contributed by atoms with Crippen LogP contribution in [0, 0.1) is 22.7 Å². The standard InChI is InChI=1S/C16H28/c1-15(2,3)12-14(16(4,5)6)13-10-8-7-9-11-13/h7-10,13-14H,11-12H2,1-6H3. The molecule has 1 aliphatic rings. The molecule has 1 aliphatic carbocycles. The van der Waals surface area contributed by atoms with Gasteiger partial charge in [0.05, 0.1) is 0 Å². The van der Waals surface area contributed by atoms with E-state index in [0.29, 0.717) is 10.8 Å².